The predicted molar refractivity (Wildman–Crippen MR) is 98.1 cm³/mol. The molecule has 0 saturated carbocycles. The van der Waals surface area contributed by atoms with Gasteiger partial charge in [0, 0.05) is 39.1 Å². The summed E-state index contributed by atoms with van der Waals surface area (Å²) in [6.45, 7) is 4.90. The van der Waals surface area contributed by atoms with Gasteiger partial charge in [0.25, 0.3) is 5.56 Å². The molecule has 3 heterocycles. The molecule has 0 saturated heterocycles. The highest BCUT2D eigenvalue weighted by Gasteiger charge is 2.20. The number of nitrogens with zero attached hydrogens (tertiary/aromatic N) is 5. The molecule has 10 heteroatoms. The summed E-state index contributed by atoms with van der Waals surface area (Å²) in [5, 5.41) is 0. The van der Waals surface area contributed by atoms with E-state index in [1.807, 2.05) is 17.7 Å². The van der Waals surface area contributed by atoms with E-state index in [9.17, 15) is 14.4 Å². The average Bonchev–Trinajstić information content (AvgIpc) is 3.13. The number of ether oxygens (including phenoxy) is 2. The van der Waals surface area contributed by atoms with Crippen molar-refractivity contribution < 1.29 is 14.3 Å². The van der Waals surface area contributed by atoms with E-state index in [1.165, 1.54) is 4.57 Å². The van der Waals surface area contributed by atoms with Crippen LogP contribution in [0.4, 0.5) is 0 Å². The maximum absolute atomic E-state index is 13.0. The standard InChI is InChI=1S/C17H23N5O5/c1-5-27-12(23)6-7-21-15(24)13-14(19(3)17(21)25)18-16-20(8-9-26-4)11(2)10-22(13)16/h10H,5-9H2,1-4H3. The molecule has 27 heavy (non-hydrogen) atoms. The highest BCUT2D eigenvalue weighted by Crippen LogP contribution is 2.16. The molecule has 0 fully saturated rings. The van der Waals surface area contributed by atoms with Gasteiger partial charge in [-0.3, -0.25) is 23.1 Å². The Morgan fingerprint density at radius 3 is 2.63 bits per heavy atom. The highest BCUT2D eigenvalue weighted by molar-refractivity contribution is 5.75. The zero-order valence-electron chi connectivity index (χ0n) is 15.9. The smallest absolute Gasteiger partial charge is 0.332 e. The van der Waals surface area contributed by atoms with Crippen molar-refractivity contribution >= 4 is 22.9 Å². The van der Waals surface area contributed by atoms with Gasteiger partial charge in [-0.15, -0.1) is 0 Å². The minimum absolute atomic E-state index is 0.0448. The Morgan fingerprint density at radius 1 is 1.22 bits per heavy atom. The van der Waals surface area contributed by atoms with E-state index in [2.05, 4.69) is 4.98 Å². The Balaban J connectivity index is 2.17. The number of methoxy groups -OCH3 is 1. The van der Waals surface area contributed by atoms with Crippen LogP contribution in [0, 0.1) is 6.92 Å². The molecular formula is C17H23N5O5. The number of rotatable bonds is 7. The van der Waals surface area contributed by atoms with Gasteiger partial charge in [-0.1, -0.05) is 0 Å². The monoisotopic (exact) mass is 377 g/mol. The van der Waals surface area contributed by atoms with Crippen LogP contribution in [0.3, 0.4) is 0 Å². The van der Waals surface area contributed by atoms with Gasteiger partial charge < -0.3 is 14.0 Å². The van der Waals surface area contributed by atoms with Crippen LogP contribution in [0.2, 0.25) is 0 Å². The van der Waals surface area contributed by atoms with Crippen molar-refractivity contribution in [3.05, 3.63) is 32.7 Å². The van der Waals surface area contributed by atoms with Crippen LogP contribution in [-0.4, -0.2) is 49.4 Å². The highest BCUT2D eigenvalue weighted by atomic mass is 16.5. The fourth-order valence-electron chi connectivity index (χ4n) is 3.15. The van der Waals surface area contributed by atoms with Crippen molar-refractivity contribution in [2.45, 2.75) is 33.4 Å². The van der Waals surface area contributed by atoms with Crippen molar-refractivity contribution in [3.8, 4) is 0 Å². The Hall–Kier alpha value is -2.88. The molecule has 0 N–H and O–H groups in total. The number of carbonyl (C=O) groups excluding carboxylic acids is 1. The molecule has 3 rings (SSSR count). The Labute approximate surface area is 154 Å². The van der Waals surface area contributed by atoms with E-state index < -0.39 is 17.2 Å². The maximum atomic E-state index is 13.0. The third kappa shape index (κ3) is 3.16. The van der Waals surface area contributed by atoms with Gasteiger partial charge in [-0.25, -0.2) is 4.79 Å². The van der Waals surface area contributed by atoms with Gasteiger partial charge in [-0.05, 0) is 13.8 Å². The number of imidazole rings is 2. The van der Waals surface area contributed by atoms with Crippen LogP contribution >= 0.6 is 0 Å². The molecule has 0 aromatic carbocycles. The van der Waals surface area contributed by atoms with E-state index in [1.54, 1.807) is 25.5 Å². The average molecular weight is 377 g/mol. The molecule has 0 atom stereocenters. The molecule has 3 aromatic rings. The second-order valence-corrected chi connectivity index (χ2v) is 6.22. The quantitative estimate of drug-likeness (QED) is 0.540. The lowest BCUT2D eigenvalue weighted by Crippen LogP contribution is -2.39. The zero-order chi connectivity index (χ0) is 19.7. The SMILES string of the molecule is CCOC(=O)CCn1c(=O)c2c(nc3n(CCOC)c(C)cn23)n(C)c1=O. The molecule has 0 aliphatic heterocycles. The summed E-state index contributed by atoms with van der Waals surface area (Å²) in [6.07, 6.45) is 1.76. The normalized spacial score (nSPS) is 11.6. The molecule has 0 aliphatic carbocycles. The number of hydrogen-bond donors (Lipinski definition) is 0. The summed E-state index contributed by atoms with van der Waals surface area (Å²) in [5.41, 5.74) is 0.531. The fourth-order valence-corrected chi connectivity index (χ4v) is 3.15. The fraction of sp³-hybridized carbons (Fsp3) is 0.529. The summed E-state index contributed by atoms with van der Waals surface area (Å²) < 4.78 is 16.0. The van der Waals surface area contributed by atoms with E-state index in [0.29, 0.717) is 30.1 Å². The van der Waals surface area contributed by atoms with Crippen molar-refractivity contribution in [3.63, 3.8) is 0 Å². The first-order valence-electron chi connectivity index (χ1n) is 8.73. The second kappa shape index (κ2) is 7.39. The Bertz CT molecular complexity index is 1120. The van der Waals surface area contributed by atoms with Gasteiger partial charge >= 0.3 is 11.7 Å². The molecule has 10 nitrogen and oxygen atoms in total. The molecule has 0 unspecified atom stereocenters. The molecule has 0 radical (unpaired) electrons. The number of carbonyl (C=O) groups is 1. The van der Waals surface area contributed by atoms with E-state index in [0.717, 1.165) is 10.3 Å². The third-order valence-corrected chi connectivity index (χ3v) is 4.50. The summed E-state index contributed by atoms with van der Waals surface area (Å²) in [6, 6.07) is 0. The van der Waals surface area contributed by atoms with Gasteiger partial charge in [0.1, 0.15) is 0 Å². The maximum Gasteiger partial charge on any atom is 0.332 e. The van der Waals surface area contributed by atoms with Crippen LogP contribution in [0.1, 0.15) is 19.0 Å². The Kier molecular flexibility index (Phi) is 5.17. The minimum Gasteiger partial charge on any atom is -0.466 e. The number of fused-ring (bicyclic) bond motifs is 3. The largest absolute Gasteiger partial charge is 0.466 e. The summed E-state index contributed by atoms with van der Waals surface area (Å²) in [7, 11) is 3.17. The molecule has 3 aromatic heterocycles. The number of esters is 1. The molecular weight excluding hydrogens is 354 g/mol. The summed E-state index contributed by atoms with van der Waals surface area (Å²) in [5.74, 6) is 0.112. The zero-order valence-corrected chi connectivity index (χ0v) is 15.9. The second-order valence-electron chi connectivity index (χ2n) is 6.22. The van der Waals surface area contributed by atoms with Crippen molar-refractivity contribution in [1.82, 2.24) is 23.1 Å². The first-order chi connectivity index (χ1) is 12.9. The van der Waals surface area contributed by atoms with Gasteiger partial charge in [0.15, 0.2) is 11.2 Å². The lowest BCUT2D eigenvalue weighted by atomic mass is 10.4. The van der Waals surface area contributed by atoms with Gasteiger partial charge in [0.05, 0.1) is 19.6 Å². The van der Waals surface area contributed by atoms with Crippen LogP contribution in [-0.2, 0) is 34.4 Å². The molecule has 0 spiro atoms. The summed E-state index contributed by atoms with van der Waals surface area (Å²) >= 11 is 0. The summed E-state index contributed by atoms with van der Waals surface area (Å²) in [4.78, 5) is 41.7. The van der Waals surface area contributed by atoms with Crippen molar-refractivity contribution in [2.75, 3.05) is 20.3 Å². The third-order valence-electron chi connectivity index (χ3n) is 4.50. The van der Waals surface area contributed by atoms with Crippen molar-refractivity contribution in [1.29, 1.82) is 0 Å². The lowest BCUT2D eigenvalue weighted by Gasteiger charge is -2.07. The van der Waals surface area contributed by atoms with Crippen LogP contribution < -0.4 is 11.2 Å². The molecule has 0 bridgehead atoms. The topological polar surface area (TPSA) is 102 Å². The minimum atomic E-state index is -0.516. The Morgan fingerprint density at radius 2 is 1.96 bits per heavy atom. The first-order valence-corrected chi connectivity index (χ1v) is 8.73. The van der Waals surface area contributed by atoms with Crippen LogP contribution in [0.15, 0.2) is 15.8 Å². The molecule has 0 amide bonds. The van der Waals surface area contributed by atoms with Crippen LogP contribution in [0.25, 0.3) is 16.9 Å². The van der Waals surface area contributed by atoms with Gasteiger partial charge in [-0.2, -0.15) is 4.98 Å². The lowest BCUT2D eigenvalue weighted by molar-refractivity contribution is -0.143. The number of aromatic nitrogens is 5. The van der Waals surface area contributed by atoms with Crippen LogP contribution in [0.5, 0.6) is 0 Å². The van der Waals surface area contributed by atoms with E-state index >= 15 is 0 Å². The first kappa shape index (κ1) is 18.9. The van der Waals surface area contributed by atoms with E-state index in [4.69, 9.17) is 9.47 Å². The van der Waals surface area contributed by atoms with Gasteiger partial charge in [0.2, 0.25) is 5.78 Å². The van der Waals surface area contributed by atoms with Crippen molar-refractivity contribution in [2.24, 2.45) is 7.05 Å². The molecule has 146 valence electrons. The number of hydrogen-bond acceptors (Lipinski definition) is 6. The molecule has 0 aliphatic rings. The van der Waals surface area contributed by atoms with E-state index in [-0.39, 0.29) is 19.6 Å². The predicted octanol–water partition coefficient (Wildman–Crippen LogP) is 0.0574. The number of aryl methyl sites for hydroxylation is 2.